The highest BCUT2D eigenvalue weighted by Gasteiger charge is 2.21. The van der Waals surface area contributed by atoms with Gasteiger partial charge in [-0.25, -0.2) is 4.39 Å². The number of carbonyl (C=O) groups is 2. The number of nitrogens with two attached hydrogens (primary N) is 2. The third kappa shape index (κ3) is 3.32. The van der Waals surface area contributed by atoms with Gasteiger partial charge in [-0.2, -0.15) is 0 Å². The van der Waals surface area contributed by atoms with E-state index in [1.54, 1.807) is 12.1 Å². The van der Waals surface area contributed by atoms with Crippen LogP contribution in [0.4, 0.5) is 4.39 Å². The van der Waals surface area contributed by atoms with E-state index in [-0.39, 0.29) is 22.3 Å². The molecule has 0 atom stereocenters. The van der Waals surface area contributed by atoms with E-state index in [0.29, 0.717) is 12.0 Å². The van der Waals surface area contributed by atoms with Crippen LogP contribution in [0, 0.1) is 5.82 Å². The van der Waals surface area contributed by atoms with Crippen molar-refractivity contribution >= 4 is 11.8 Å². The van der Waals surface area contributed by atoms with Crippen molar-refractivity contribution in [2.75, 3.05) is 0 Å². The highest BCUT2D eigenvalue weighted by Crippen LogP contribution is 2.32. The van der Waals surface area contributed by atoms with Crippen LogP contribution in [0.25, 0.3) is 11.1 Å². The molecule has 0 unspecified atom stereocenters. The molecule has 2 amide bonds. The molecule has 3 aromatic carbocycles. The van der Waals surface area contributed by atoms with E-state index in [2.05, 4.69) is 0 Å². The summed E-state index contributed by atoms with van der Waals surface area (Å²) in [5, 5.41) is 0. The van der Waals surface area contributed by atoms with Crippen LogP contribution in [-0.2, 0) is 6.42 Å². The molecule has 3 aromatic rings. The molecule has 0 aliphatic rings. The summed E-state index contributed by atoms with van der Waals surface area (Å²) in [6, 6.07) is 18.7. The van der Waals surface area contributed by atoms with Gasteiger partial charge in [0.1, 0.15) is 5.82 Å². The highest BCUT2D eigenvalue weighted by atomic mass is 19.1. The number of hydrogen-bond donors (Lipinski definition) is 2. The third-order valence-corrected chi connectivity index (χ3v) is 4.18. The molecule has 0 fully saturated rings. The zero-order chi connectivity index (χ0) is 18.7. The number of rotatable bonds is 5. The highest BCUT2D eigenvalue weighted by molar-refractivity contribution is 6.08. The fourth-order valence-corrected chi connectivity index (χ4v) is 2.98. The second-order valence-corrected chi connectivity index (χ2v) is 5.90. The molecule has 0 spiro atoms. The van der Waals surface area contributed by atoms with E-state index < -0.39 is 17.6 Å². The second kappa shape index (κ2) is 7.19. The third-order valence-electron chi connectivity index (χ3n) is 4.18. The first-order valence-corrected chi connectivity index (χ1v) is 8.03. The molecule has 130 valence electrons. The average molecular weight is 348 g/mol. The number of hydrogen-bond acceptors (Lipinski definition) is 2. The number of halogens is 1. The number of carbonyl (C=O) groups excluding carboxylic acids is 2. The Hall–Kier alpha value is -3.47. The first-order chi connectivity index (χ1) is 12.5. The van der Waals surface area contributed by atoms with E-state index in [9.17, 15) is 9.59 Å². The molecule has 26 heavy (non-hydrogen) atoms. The van der Waals surface area contributed by atoms with Crippen LogP contribution in [0.2, 0.25) is 0 Å². The van der Waals surface area contributed by atoms with Crippen LogP contribution in [0.3, 0.4) is 0 Å². The smallest absolute Gasteiger partial charge is 0.249 e. The Morgan fingerprint density at radius 2 is 1.35 bits per heavy atom. The zero-order valence-electron chi connectivity index (χ0n) is 13.9. The van der Waals surface area contributed by atoms with Gasteiger partial charge in [-0.1, -0.05) is 54.6 Å². The largest absolute Gasteiger partial charge is 0.366 e. The minimum atomic E-state index is -0.754. The Kier molecular flexibility index (Phi) is 4.80. The summed E-state index contributed by atoms with van der Waals surface area (Å²) >= 11 is 0. The Labute approximate surface area is 150 Å². The van der Waals surface area contributed by atoms with Gasteiger partial charge in [0, 0.05) is 28.7 Å². The van der Waals surface area contributed by atoms with Crippen molar-refractivity contribution in [3.63, 3.8) is 0 Å². The predicted octanol–water partition coefficient (Wildman–Crippen LogP) is 3.28. The molecule has 3 rings (SSSR count). The standard InChI is InChI=1S/C21H17FN2O2/c22-19-14(12-13-6-2-1-3-7-13)8-4-9-15(19)18-16(20(23)25)10-5-11-17(18)21(24)26/h1-11H,12H2,(H2,23,25)(H2,24,26). The lowest BCUT2D eigenvalue weighted by Crippen LogP contribution is -2.18. The van der Waals surface area contributed by atoms with Crippen LogP contribution in [0.15, 0.2) is 66.7 Å². The number of benzene rings is 3. The minimum absolute atomic E-state index is 0.0528. The summed E-state index contributed by atoms with van der Waals surface area (Å²) in [5.74, 6) is -2.01. The lowest BCUT2D eigenvalue weighted by atomic mass is 9.91. The molecular formula is C21H17FN2O2. The van der Waals surface area contributed by atoms with E-state index in [1.165, 1.54) is 24.3 Å². The maximum atomic E-state index is 15.2. The molecule has 0 aliphatic carbocycles. The fourth-order valence-electron chi connectivity index (χ4n) is 2.98. The maximum absolute atomic E-state index is 15.2. The van der Waals surface area contributed by atoms with Crippen molar-refractivity contribution in [1.82, 2.24) is 0 Å². The molecule has 0 bridgehead atoms. The fraction of sp³-hybridized carbons (Fsp3) is 0.0476. The van der Waals surface area contributed by atoms with Crippen molar-refractivity contribution in [1.29, 1.82) is 0 Å². The van der Waals surface area contributed by atoms with Gasteiger partial charge in [0.05, 0.1) is 0 Å². The van der Waals surface area contributed by atoms with Gasteiger partial charge >= 0.3 is 0 Å². The Morgan fingerprint density at radius 1 is 0.769 bits per heavy atom. The molecule has 0 saturated heterocycles. The first kappa shape index (κ1) is 17.4. The first-order valence-electron chi connectivity index (χ1n) is 8.03. The van der Waals surface area contributed by atoms with Crippen molar-refractivity contribution in [2.24, 2.45) is 11.5 Å². The monoisotopic (exact) mass is 348 g/mol. The zero-order valence-corrected chi connectivity index (χ0v) is 13.9. The topological polar surface area (TPSA) is 86.2 Å². The van der Waals surface area contributed by atoms with Crippen molar-refractivity contribution in [3.05, 3.63) is 94.8 Å². The minimum Gasteiger partial charge on any atom is -0.366 e. The molecule has 4 nitrogen and oxygen atoms in total. The summed E-state index contributed by atoms with van der Waals surface area (Å²) in [7, 11) is 0. The normalized spacial score (nSPS) is 10.5. The summed E-state index contributed by atoms with van der Waals surface area (Å²) < 4.78 is 15.2. The molecule has 0 aliphatic heterocycles. The van der Waals surface area contributed by atoms with Gasteiger partial charge < -0.3 is 11.5 Å². The van der Waals surface area contributed by atoms with Gasteiger partial charge in [0.2, 0.25) is 11.8 Å². The molecule has 5 heteroatoms. The SMILES string of the molecule is NC(=O)c1cccc(C(N)=O)c1-c1cccc(Cc2ccccc2)c1F. The van der Waals surface area contributed by atoms with Gasteiger partial charge in [-0.05, 0) is 23.3 Å². The molecule has 4 N–H and O–H groups in total. The quantitative estimate of drug-likeness (QED) is 0.741. The van der Waals surface area contributed by atoms with Crippen LogP contribution in [-0.4, -0.2) is 11.8 Å². The van der Waals surface area contributed by atoms with E-state index in [0.717, 1.165) is 5.56 Å². The lowest BCUT2D eigenvalue weighted by Gasteiger charge is -2.14. The van der Waals surface area contributed by atoms with Crippen molar-refractivity contribution < 1.29 is 14.0 Å². The lowest BCUT2D eigenvalue weighted by molar-refractivity contribution is 0.0999. The summed E-state index contributed by atoms with van der Waals surface area (Å²) in [4.78, 5) is 23.6. The molecule has 0 heterocycles. The summed E-state index contributed by atoms with van der Waals surface area (Å²) in [6.07, 6.45) is 0.380. The van der Waals surface area contributed by atoms with Gasteiger partial charge in [-0.3, -0.25) is 9.59 Å². The van der Waals surface area contributed by atoms with Crippen LogP contribution >= 0.6 is 0 Å². The molecule has 0 radical (unpaired) electrons. The van der Waals surface area contributed by atoms with E-state index in [4.69, 9.17) is 11.5 Å². The van der Waals surface area contributed by atoms with Crippen LogP contribution in [0.1, 0.15) is 31.8 Å². The van der Waals surface area contributed by atoms with Gasteiger partial charge in [0.15, 0.2) is 0 Å². The number of amides is 2. The number of primary amides is 2. The van der Waals surface area contributed by atoms with E-state index in [1.807, 2.05) is 30.3 Å². The second-order valence-electron chi connectivity index (χ2n) is 5.90. The Bertz CT molecular complexity index is 952. The molecule has 0 saturated carbocycles. The average Bonchev–Trinajstić information content (AvgIpc) is 2.63. The maximum Gasteiger partial charge on any atom is 0.249 e. The summed E-state index contributed by atoms with van der Waals surface area (Å²) in [5.41, 5.74) is 12.6. The Balaban J connectivity index is 2.18. The van der Waals surface area contributed by atoms with Crippen LogP contribution in [0.5, 0.6) is 0 Å². The van der Waals surface area contributed by atoms with E-state index >= 15 is 4.39 Å². The summed E-state index contributed by atoms with van der Waals surface area (Å²) in [6.45, 7) is 0. The van der Waals surface area contributed by atoms with Crippen LogP contribution < -0.4 is 11.5 Å². The van der Waals surface area contributed by atoms with Gasteiger partial charge in [-0.15, -0.1) is 0 Å². The predicted molar refractivity (Wildman–Crippen MR) is 98.1 cm³/mol. The van der Waals surface area contributed by atoms with Gasteiger partial charge in [0.25, 0.3) is 0 Å². The van der Waals surface area contributed by atoms with Crippen molar-refractivity contribution in [3.8, 4) is 11.1 Å². The molecular weight excluding hydrogens is 331 g/mol. The van der Waals surface area contributed by atoms with Crippen molar-refractivity contribution in [2.45, 2.75) is 6.42 Å². The molecule has 0 aromatic heterocycles. The Morgan fingerprint density at radius 3 is 1.92 bits per heavy atom.